The lowest BCUT2D eigenvalue weighted by atomic mass is 9.92. The topological polar surface area (TPSA) is 15.3 Å². The Morgan fingerprint density at radius 1 is 1.25 bits per heavy atom. The highest BCUT2D eigenvalue weighted by Gasteiger charge is 2.34. The van der Waals surface area contributed by atoms with E-state index in [0.717, 1.165) is 6.54 Å². The molecule has 2 atom stereocenters. The van der Waals surface area contributed by atoms with E-state index in [9.17, 15) is 0 Å². The van der Waals surface area contributed by atoms with E-state index in [-0.39, 0.29) is 0 Å². The number of hydrogen-bond donors (Lipinski definition) is 1. The summed E-state index contributed by atoms with van der Waals surface area (Å²) in [6.07, 6.45) is 5.04. The fourth-order valence-electron chi connectivity index (χ4n) is 3.11. The van der Waals surface area contributed by atoms with Gasteiger partial charge in [-0.1, -0.05) is 37.3 Å². The summed E-state index contributed by atoms with van der Waals surface area (Å²) in [7, 11) is 0. The molecular formula is C18H30N2. The summed E-state index contributed by atoms with van der Waals surface area (Å²) in [6, 6.07) is 11.5. The molecule has 1 aliphatic rings. The molecule has 0 bridgehead atoms. The first kappa shape index (κ1) is 15.5. The smallest absolute Gasteiger partial charge is 0.0303 e. The van der Waals surface area contributed by atoms with Crippen LogP contribution in [0.5, 0.6) is 0 Å². The minimum atomic E-state index is 0.346. The van der Waals surface area contributed by atoms with Crippen molar-refractivity contribution in [3.05, 3.63) is 35.9 Å². The fourth-order valence-corrected chi connectivity index (χ4v) is 3.11. The molecule has 0 aliphatic carbocycles. The van der Waals surface area contributed by atoms with Gasteiger partial charge in [-0.2, -0.15) is 0 Å². The standard InChI is InChI=1S/C18H30N2/c1-4-18(3)15-19-16(2)14-20(18)13-9-8-12-17-10-6-5-7-11-17/h5-7,10-11,16,19H,4,8-9,12-15H2,1-3H3. The highest BCUT2D eigenvalue weighted by atomic mass is 15.3. The molecule has 1 aromatic carbocycles. The van der Waals surface area contributed by atoms with Gasteiger partial charge in [-0.05, 0) is 51.6 Å². The third-order valence-electron chi connectivity index (χ3n) is 4.84. The Kier molecular flexibility index (Phi) is 5.62. The van der Waals surface area contributed by atoms with Gasteiger partial charge in [0, 0.05) is 24.7 Å². The van der Waals surface area contributed by atoms with Crippen molar-refractivity contribution in [1.82, 2.24) is 10.2 Å². The number of aryl methyl sites for hydroxylation is 1. The Hall–Kier alpha value is -0.860. The van der Waals surface area contributed by atoms with Gasteiger partial charge in [-0.15, -0.1) is 0 Å². The van der Waals surface area contributed by atoms with Gasteiger partial charge in [-0.25, -0.2) is 0 Å². The van der Waals surface area contributed by atoms with E-state index in [1.54, 1.807) is 0 Å². The van der Waals surface area contributed by atoms with Crippen molar-refractivity contribution in [3.8, 4) is 0 Å². The minimum Gasteiger partial charge on any atom is -0.311 e. The van der Waals surface area contributed by atoms with E-state index in [1.165, 1.54) is 44.3 Å². The monoisotopic (exact) mass is 274 g/mol. The van der Waals surface area contributed by atoms with Crippen molar-refractivity contribution >= 4 is 0 Å². The van der Waals surface area contributed by atoms with Gasteiger partial charge in [-0.3, -0.25) is 4.90 Å². The first-order valence-corrected chi connectivity index (χ1v) is 8.16. The average molecular weight is 274 g/mol. The van der Waals surface area contributed by atoms with Crippen molar-refractivity contribution < 1.29 is 0 Å². The van der Waals surface area contributed by atoms with E-state index >= 15 is 0 Å². The third-order valence-corrected chi connectivity index (χ3v) is 4.84. The minimum absolute atomic E-state index is 0.346. The zero-order chi connectivity index (χ0) is 14.4. The van der Waals surface area contributed by atoms with E-state index in [0.29, 0.717) is 11.6 Å². The zero-order valence-electron chi connectivity index (χ0n) is 13.4. The molecule has 1 aliphatic heterocycles. The Morgan fingerprint density at radius 2 is 2.00 bits per heavy atom. The van der Waals surface area contributed by atoms with Crippen LogP contribution in [0.1, 0.15) is 45.6 Å². The van der Waals surface area contributed by atoms with Crippen LogP contribution in [0.4, 0.5) is 0 Å². The highest BCUT2D eigenvalue weighted by Crippen LogP contribution is 2.23. The highest BCUT2D eigenvalue weighted by molar-refractivity contribution is 5.14. The number of nitrogens with one attached hydrogen (secondary N) is 1. The van der Waals surface area contributed by atoms with Crippen LogP contribution >= 0.6 is 0 Å². The van der Waals surface area contributed by atoms with Gasteiger partial charge in [0.15, 0.2) is 0 Å². The molecule has 0 radical (unpaired) electrons. The fraction of sp³-hybridized carbons (Fsp3) is 0.667. The van der Waals surface area contributed by atoms with Crippen LogP contribution in [-0.4, -0.2) is 36.1 Å². The van der Waals surface area contributed by atoms with E-state index in [2.05, 4.69) is 61.3 Å². The number of hydrogen-bond acceptors (Lipinski definition) is 2. The molecule has 1 saturated heterocycles. The first-order chi connectivity index (χ1) is 9.64. The van der Waals surface area contributed by atoms with E-state index in [4.69, 9.17) is 0 Å². The maximum atomic E-state index is 3.63. The van der Waals surface area contributed by atoms with Crippen LogP contribution in [0, 0.1) is 0 Å². The zero-order valence-corrected chi connectivity index (χ0v) is 13.4. The van der Waals surface area contributed by atoms with Gasteiger partial charge < -0.3 is 5.32 Å². The normalized spacial score (nSPS) is 27.6. The van der Waals surface area contributed by atoms with E-state index < -0.39 is 0 Å². The second-order valence-electron chi connectivity index (χ2n) is 6.52. The maximum Gasteiger partial charge on any atom is 0.0303 e. The average Bonchev–Trinajstić information content (AvgIpc) is 2.48. The van der Waals surface area contributed by atoms with Gasteiger partial charge in [0.25, 0.3) is 0 Å². The Morgan fingerprint density at radius 3 is 2.70 bits per heavy atom. The predicted molar refractivity (Wildman–Crippen MR) is 87.1 cm³/mol. The van der Waals surface area contributed by atoms with Crippen LogP contribution in [0.25, 0.3) is 0 Å². The van der Waals surface area contributed by atoms with Crippen LogP contribution in [0.3, 0.4) is 0 Å². The van der Waals surface area contributed by atoms with Gasteiger partial charge in [0.2, 0.25) is 0 Å². The van der Waals surface area contributed by atoms with E-state index in [1.807, 2.05) is 0 Å². The molecule has 1 fully saturated rings. The van der Waals surface area contributed by atoms with Crippen molar-refractivity contribution in [3.63, 3.8) is 0 Å². The number of unbranched alkanes of at least 4 members (excludes halogenated alkanes) is 1. The molecule has 2 nitrogen and oxygen atoms in total. The van der Waals surface area contributed by atoms with Crippen molar-refractivity contribution in [2.45, 2.75) is 58.0 Å². The number of rotatable bonds is 6. The van der Waals surface area contributed by atoms with Crippen molar-refractivity contribution in [2.24, 2.45) is 0 Å². The summed E-state index contributed by atoms with van der Waals surface area (Å²) in [5, 5.41) is 3.63. The molecule has 112 valence electrons. The molecule has 1 N–H and O–H groups in total. The number of benzene rings is 1. The molecule has 2 rings (SSSR count). The SMILES string of the molecule is CCC1(C)CNC(C)CN1CCCCc1ccccc1. The summed E-state index contributed by atoms with van der Waals surface area (Å²) in [6.45, 7) is 10.6. The van der Waals surface area contributed by atoms with Crippen LogP contribution in [0.15, 0.2) is 30.3 Å². The summed E-state index contributed by atoms with van der Waals surface area (Å²) in [4.78, 5) is 2.71. The van der Waals surface area contributed by atoms with Crippen molar-refractivity contribution in [1.29, 1.82) is 0 Å². The Balaban J connectivity index is 1.77. The van der Waals surface area contributed by atoms with Gasteiger partial charge in [0.1, 0.15) is 0 Å². The lowest BCUT2D eigenvalue weighted by molar-refractivity contribution is 0.0512. The molecule has 0 amide bonds. The lowest BCUT2D eigenvalue weighted by Gasteiger charge is -2.47. The van der Waals surface area contributed by atoms with Crippen molar-refractivity contribution in [2.75, 3.05) is 19.6 Å². The third kappa shape index (κ3) is 4.07. The molecule has 2 heteroatoms. The quantitative estimate of drug-likeness (QED) is 0.799. The van der Waals surface area contributed by atoms with Crippen LogP contribution < -0.4 is 5.32 Å². The molecule has 0 aromatic heterocycles. The molecule has 2 unspecified atom stereocenters. The van der Waals surface area contributed by atoms with Gasteiger partial charge >= 0.3 is 0 Å². The number of piperazine rings is 1. The lowest BCUT2D eigenvalue weighted by Crippen LogP contribution is -2.62. The second-order valence-corrected chi connectivity index (χ2v) is 6.52. The molecule has 1 heterocycles. The van der Waals surface area contributed by atoms with Crippen LogP contribution in [0.2, 0.25) is 0 Å². The van der Waals surface area contributed by atoms with Crippen LogP contribution in [-0.2, 0) is 6.42 Å². The summed E-state index contributed by atoms with van der Waals surface area (Å²) in [5.74, 6) is 0. The summed E-state index contributed by atoms with van der Waals surface area (Å²) in [5.41, 5.74) is 1.82. The second kappa shape index (κ2) is 7.24. The molecular weight excluding hydrogens is 244 g/mol. The molecule has 1 aromatic rings. The summed E-state index contributed by atoms with van der Waals surface area (Å²) < 4.78 is 0. The maximum absolute atomic E-state index is 3.63. The first-order valence-electron chi connectivity index (χ1n) is 8.16. The summed E-state index contributed by atoms with van der Waals surface area (Å²) >= 11 is 0. The molecule has 0 spiro atoms. The van der Waals surface area contributed by atoms with Gasteiger partial charge in [0.05, 0.1) is 0 Å². The molecule has 20 heavy (non-hydrogen) atoms. The number of nitrogens with zero attached hydrogens (tertiary/aromatic N) is 1. The Labute approximate surface area is 124 Å². The largest absolute Gasteiger partial charge is 0.311 e. The molecule has 0 saturated carbocycles. The Bertz CT molecular complexity index is 390. The predicted octanol–water partition coefficient (Wildman–Crippen LogP) is 3.47.